The summed E-state index contributed by atoms with van der Waals surface area (Å²) in [5, 5.41) is 6.17. The van der Waals surface area contributed by atoms with Crippen LogP contribution in [0.15, 0.2) is 41.1 Å². The van der Waals surface area contributed by atoms with Crippen molar-refractivity contribution in [2.75, 3.05) is 52.3 Å². The van der Waals surface area contributed by atoms with Crippen molar-refractivity contribution in [3.8, 4) is 12.3 Å². The maximum absolute atomic E-state index is 5.91. The number of hydrogen-bond donors (Lipinski definition) is 0. The monoisotopic (exact) mass is 500 g/mol. The number of allylic oxidation sites excluding steroid dienone is 5. The molecule has 35 heavy (non-hydrogen) atoms. The molecule has 0 aromatic carbocycles. The maximum atomic E-state index is 5.91. The van der Waals surface area contributed by atoms with E-state index in [9.17, 15) is 0 Å². The number of likely N-dealkylation sites (tertiary alicyclic amines) is 2. The molecule has 194 valence electrons. The van der Waals surface area contributed by atoms with E-state index < -0.39 is 0 Å². The molecule has 3 aliphatic rings. The van der Waals surface area contributed by atoms with Crippen LogP contribution in [0.4, 0.5) is 0 Å². The Balaban J connectivity index is 1.46. The van der Waals surface area contributed by atoms with Crippen LogP contribution in [-0.4, -0.2) is 91.0 Å². The van der Waals surface area contributed by atoms with E-state index in [4.69, 9.17) is 15.9 Å². The summed E-state index contributed by atoms with van der Waals surface area (Å²) in [6, 6.07) is 0.671. The smallest absolute Gasteiger partial charge is 0.170 e. The molecule has 0 amide bonds. The predicted molar refractivity (Wildman–Crippen MR) is 148 cm³/mol. The van der Waals surface area contributed by atoms with Gasteiger partial charge in [-0.25, -0.2) is 0 Å². The van der Waals surface area contributed by atoms with Crippen molar-refractivity contribution in [1.82, 2.24) is 14.8 Å². The lowest BCUT2D eigenvalue weighted by Gasteiger charge is -2.41. The molecule has 0 saturated carbocycles. The van der Waals surface area contributed by atoms with Crippen molar-refractivity contribution >= 4 is 18.5 Å². The van der Waals surface area contributed by atoms with Gasteiger partial charge in [0.25, 0.3) is 0 Å². The molecule has 3 heterocycles. The molecule has 2 unspecified atom stereocenters. The highest BCUT2D eigenvalue weighted by Gasteiger charge is 2.41. The number of terminal acetylenes is 1. The molecule has 0 aromatic rings. The van der Waals surface area contributed by atoms with Crippen LogP contribution in [0.2, 0.25) is 0 Å². The topological polar surface area (TPSA) is 40.5 Å². The van der Waals surface area contributed by atoms with Gasteiger partial charge in [0.1, 0.15) is 5.37 Å². The van der Waals surface area contributed by atoms with Gasteiger partial charge in [-0.1, -0.05) is 43.6 Å². The minimum Gasteiger partial charge on any atom is -0.347 e. The molecule has 2 atom stereocenters. The van der Waals surface area contributed by atoms with Crippen molar-refractivity contribution in [1.29, 1.82) is 0 Å². The molecule has 0 aliphatic carbocycles. The quantitative estimate of drug-likeness (QED) is 0.134. The molecule has 3 rings (SSSR count). The van der Waals surface area contributed by atoms with Gasteiger partial charge in [-0.15, -0.1) is 18.2 Å². The van der Waals surface area contributed by atoms with Crippen LogP contribution in [0.1, 0.15) is 51.9 Å². The van der Waals surface area contributed by atoms with E-state index in [-0.39, 0.29) is 11.2 Å². The van der Waals surface area contributed by atoms with Gasteiger partial charge in [0.15, 0.2) is 5.79 Å². The first-order valence-electron chi connectivity index (χ1n) is 13.2. The third kappa shape index (κ3) is 8.80. The first kappa shape index (κ1) is 28.0. The fraction of sp³-hybridized carbons (Fsp3) is 0.679. The molecular formula is C28H44N4O2S. The van der Waals surface area contributed by atoms with Crippen molar-refractivity contribution in [2.24, 2.45) is 5.10 Å². The first-order chi connectivity index (χ1) is 17.1. The van der Waals surface area contributed by atoms with Crippen LogP contribution in [0.25, 0.3) is 0 Å². The Bertz CT molecular complexity index is 774. The second-order valence-corrected chi connectivity index (χ2v) is 10.7. The Labute approximate surface area is 217 Å². The molecule has 0 radical (unpaired) electrons. The number of nitrogens with zero attached hydrogens (tertiary/aromatic N) is 4. The van der Waals surface area contributed by atoms with E-state index >= 15 is 0 Å². The number of thioether (sulfide) groups is 1. The number of unbranched alkanes of at least 4 members (excludes halogenated alkanes) is 1. The van der Waals surface area contributed by atoms with Crippen LogP contribution in [0.3, 0.4) is 0 Å². The summed E-state index contributed by atoms with van der Waals surface area (Å²) in [4.78, 5) is 5.27. The normalized spacial score (nSPS) is 25.2. The third-order valence-electron chi connectivity index (χ3n) is 7.17. The van der Waals surface area contributed by atoms with Crippen molar-refractivity contribution in [2.45, 2.75) is 69.1 Å². The summed E-state index contributed by atoms with van der Waals surface area (Å²) in [6.07, 6.45) is 23.9. The van der Waals surface area contributed by atoms with E-state index in [1.54, 1.807) is 0 Å². The SMILES string of the molecule is C#CC(/C=C\CCC)=C/C=C/C(SCN1CCCC(N2CCC3(CC2)OCCO3)CC1)N(C)N=C. The Morgan fingerprint density at radius 2 is 2.03 bits per heavy atom. The predicted octanol–water partition coefficient (Wildman–Crippen LogP) is 4.72. The lowest BCUT2D eigenvalue weighted by atomic mass is 9.99. The second-order valence-electron chi connectivity index (χ2n) is 9.59. The molecule has 3 saturated heterocycles. The molecule has 0 bridgehead atoms. The summed E-state index contributed by atoms with van der Waals surface area (Å²) < 4.78 is 11.8. The summed E-state index contributed by atoms with van der Waals surface area (Å²) >= 11 is 1.89. The number of likely N-dealkylation sites (N-methyl/N-ethyl adjacent to an activating group) is 1. The average molecular weight is 501 g/mol. The number of piperidine rings is 1. The highest BCUT2D eigenvalue weighted by Crippen LogP contribution is 2.33. The van der Waals surface area contributed by atoms with Crippen molar-refractivity contribution in [3.63, 3.8) is 0 Å². The van der Waals surface area contributed by atoms with Crippen LogP contribution in [0, 0.1) is 12.3 Å². The first-order valence-corrected chi connectivity index (χ1v) is 14.2. The van der Waals surface area contributed by atoms with Crippen molar-refractivity contribution in [3.05, 3.63) is 36.0 Å². The number of hydrazone groups is 1. The average Bonchev–Trinajstić information content (AvgIpc) is 3.20. The number of ether oxygens (including phenoxy) is 2. The zero-order valence-corrected chi connectivity index (χ0v) is 22.6. The van der Waals surface area contributed by atoms with E-state index in [1.807, 2.05) is 42.0 Å². The molecule has 7 heteroatoms. The van der Waals surface area contributed by atoms with Gasteiger partial charge < -0.3 is 9.47 Å². The zero-order chi connectivity index (χ0) is 24.9. The number of hydrogen-bond acceptors (Lipinski definition) is 7. The minimum atomic E-state index is -0.278. The van der Waals surface area contributed by atoms with Crippen LogP contribution in [-0.2, 0) is 9.47 Å². The van der Waals surface area contributed by atoms with Crippen LogP contribution >= 0.6 is 11.8 Å². The Kier molecular flexibility index (Phi) is 11.9. The molecule has 3 aliphatic heterocycles. The molecule has 3 fully saturated rings. The minimum absolute atomic E-state index is 0.117. The summed E-state index contributed by atoms with van der Waals surface area (Å²) in [5.41, 5.74) is 0.890. The van der Waals surface area contributed by atoms with E-state index in [2.05, 4.69) is 46.6 Å². The van der Waals surface area contributed by atoms with Gasteiger partial charge in [-0.3, -0.25) is 14.8 Å². The fourth-order valence-corrected chi connectivity index (χ4v) is 6.09. The largest absolute Gasteiger partial charge is 0.347 e. The maximum Gasteiger partial charge on any atom is 0.170 e. The molecule has 0 aromatic heterocycles. The van der Waals surface area contributed by atoms with E-state index in [1.165, 1.54) is 19.3 Å². The summed E-state index contributed by atoms with van der Waals surface area (Å²) in [7, 11) is 1.97. The Hall–Kier alpha value is -1.56. The van der Waals surface area contributed by atoms with Gasteiger partial charge >= 0.3 is 0 Å². The van der Waals surface area contributed by atoms with E-state index in [0.717, 1.165) is 76.5 Å². The highest BCUT2D eigenvalue weighted by atomic mass is 32.2. The third-order valence-corrected chi connectivity index (χ3v) is 8.49. The number of rotatable bonds is 11. The Morgan fingerprint density at radius 3 is 2.71 bits per heavy atom. The fourth-order valence-electron chi connectivity index (χ4n) is 4.98. The second kappa shape index (κ2) is 14.9. The lowest BCUT2D eigenvalue weighted by molar-refractivity contribution is -0.188. The van der Waals surface area contributed by atoms with Gasteiger partial charge in [-0.05, 0) is 38.3 Å². The summed E-state index contributed by atoms with van der Waals surface area (Å²) in [5.74, 6) is 3.46. The standard InChI is InChI=1S/C28H44N4O2S/c1-5-7-8-11-25(6-2)12-9-14-27(30(4)29-3)35-24-31-18-10-13-26(15-19-31)32-20-16-28(17-21-32)33-22-23-34-28/h2,8-9,11-12,14,26-27H,3,5,7,10,13,15-24H2,1,4H3/b11-8-,14-9+,25-12-. The van der Waals surface area contributed by atoms with Crippen molar-refractivity contribution < 1.29 is 9.47 Å². The molecular weight excluding hydrogens is 456 g/mol. The molecule has 1 spiro atoms. The van der Waals surface area contributed by atoms with Gasteiger partial charge in [0.2, 0.25) is 0 Å². The van der Waals surface area contributed by atoms with Gasteiger partial charge in [-0.2, -0.15) is 5.10 Å². The van der Waals surface area contributed by atoms with E-state index in [0.29, 0.717) is 6.04 Å². The lowest BCUT2D eigenvalue weighted by Crippen LogP contribution is -2.49. The van der Waals surface area contributed by atoms with Crippen LogP contribution in [0.5, 0.6) is 0 Å². The molecule has 0 N–H and O–H groups in total. The Morgan fingerprint density at radius 1 is 1.26 bits per heavy atom. The molecule has 6 nitrogen and oxygen atoms in total. The van der Waals surface area contributed by atoms with Gasteiger partial charge in [0, 0.05) is 63.7 Å². The summed E-state index contributed by atoms with van der Waals surface area (Å²) in [6.45, 7) is 11.8. The van der Waals surface area contributed by atoms with Crippen LogP contribution < -0.4 is 0 Å². The highest BCUT2D eigenvalue weighted by molar-refractivity contribution is 7.99. The zero-order valence-electron chi connectivity index (χ0n) is 21.7. The van der Waals surface area contributed by atoms with Gasteiger partial charge in [0.05, 0.1) is 13.2 Å².